The van der Waals surface area contributed by atoms with E-state index in [1.165, 1.54) is 36.2 Å². The topological polar surface area (TPSA) is 102 Å². The van der Waals surface area contributed by atoms with Gasteiger partial charge in [0.05, 0.1) is 11.5 Å². The summed E-state index contributed by atoms with van der Waals surface area (Å²) in [5.74, 6) is -0.626. The van der Waals surface area contributed by atoms with E-state index in [4.69, 9.17) is 4.74 Å². The number of nitrogens with zero attached hydrogens (tertiary/aromatic N) is 2. The Balaban J connectivity index is 2.50. The highest BCUT2D eigenvalue weighted by Crippen LogP contribution is 2.14. The zero-order valence-corrected chi connectivity index (χ0v) is 13.7. The number of carbonyl (C=O) groups is 2. The van der Waals surface area contributed by atoms with Crippen LogP contribution in [-0.4, -0.2) is 55.5 Å². The minimum Gasteiger partial charge on any atom is -0.385 e. The molecule has 8 heteroatoms. The summed E-state index contributed by atoms with van der Waals surface area (Å²) in [5, 5.41) is 13.4. The average Bonchev–Trinajstić information content (AvgIpc) is 2.56. The van der Waals surface area contributed by atoms with Gasteiger partial charge in [0.1, 0.15) is 0 Å². The van der Waals surface area contributed by atoms with Gasteiger partial charge >= 0.3 is 0 Å². The third-order valence-corrected chi connectivity index (χ3v) is 3.10. The van der Waals surface area contributed by atoms with Gasteiger partial charge in [0, 0.05) is 45.5 Å². The summed E-state index contributed by atoms with van der Waals surface area (Å²) < 4.78 is 4.87. The van der Waals surface area contributed by atoms with E-state index in [0.29, 0.717) is 25.1 Å². The van der Waals surface area contributed by atoms with Crippen LogP contribution in [0.3, 0.4) is 0 Å². The number of hydrogen-bond acceptors (Lipinski definition) is 5. The Labute approximate surface area is 140 Å². The van der Waals surface area contributed by atoms with Crippen LogP contribution in [0.2, 0.25) is 0 Å². The van der Waals surface area contributed by atoms with Gasteiger partial charge < -0.3 is 15.0 Å². The van der Waals surface area contributed by atoms with Gasteiger partial charge in [-0.1, -0.05) is 12.1 Å². The molecule has 1 N–H and O–H groups in total. The summed E-state index contributed by atoms with van der Waals surface area (Å²) in [6.45, 7) is 0.977. The zero-order chi connectivity index (χ0) is 17.9. The maximum absolute atomic E-state index is 12.0. The fraction of sp³-hybridized carbons (Fsp3) is 0.375. The fourth-order valence-electron chi connectivity index (χ4n) is 1.83. The molecule has 0 spiro atoms. The lowest BCUT2D eigenvalue weighted by Crippen LogP contribution is -2.38. The Morgan fingerprint density at radius 2 is 2.17 bits per heavy atom. The first-order valence-electron chi connectivity index (χ1n) is 7.37. The fourth-order valence-corrected chi connectivity index (χ4v) is 1.83. The van der Waals surface area contributed by atoms with E-state index in [0.717, 1.165) is 0 Å². The molecule has 0 heterocycles. The first kappa shape index (κ1) is 19.3. The van der Waals surface area contributed by atoms with Gasteiger partial charge in [-0.15, -0.1) is 0 Å². The van der Waals surface area contributed by atoms with Crippen molar-refractivity contribution < 1.29 is 19.2 Å². The first-order valence-corrected chi connectivity index (χ1v) is 7.37. The van der Waals surface area contributed by atoms with Crippen molar-refractivity contribution >= 4 is 23.6 Å². The Morgan fingerprint density at radius 3 is 2.83 bits per heavy atom. The van der Waals surface area contributed by atoms with Gasteiger partial charge in [-0.2, -0.15) is 0 Å². The second-order valence-corrected chi connectivity index (χ2v) is 5.08. The van der Waals surface area contributed by atoms with Crippen molar-refractivity contribution in [2.75, 3.05) is 33.9 Å². The molecule has 0 atom stereocenters. The molecule has 2 amide bonds. The highest BCUT2D eigenvalue weighted by Gasteiger charge is 2.10. The van der Waals surface area contributed by atoms with Gasteiger partial charge in [0.25, 0.3) is 5.69 Å². The Kier molecular flexibility index (Phi) is 8.14. The number of rotatable bonds is 9. The highest BCUT2D eigenvalue weighted by molar-refractivity contribution is 5.94. The smallest absolute Gasteiger partial charge is 0.270 e. The monoisotopic (exact) mass is 335 g/mol. The molecule has 0 aliphatic rings. The van der Waals surface area contributed by atoms with Gasteiger partial charge in [-0.3, -0.25) is 19.7 Å². The summed E-state index contributed by atoms with van der Waals surface area (Å²) in [7, 11) is 3.09. The molecule has 0 saturated carbocycles. The Morgan fingerprint density at radius 1 is 1.42 bits per heavy atom. The molecule has 8 nitrogen and oxygen atoms in total. The van der Waals surface area contributed by atoms with Crippen molar-refractivity contribution in [3.8, 4) is 0 Å². The summed E-state index contributed by atoms with van der Waals surface area (Å²) >= 11 is 0. The summed E-state index contributed by atoms with van der Waals surface area (Å²) in [6, 6.07) is 5.93. The molecule has 0 saturated heterocycles. The minimum atomic E-state index is -0.501. The molecule has 0 aliphatic heterocycles. The van der Waals surface area contributed by atoms with Crippen molar-refractivity contribution in [3.05, 3.63) is 46.0 Å². The average molecular weight is 335 g/mol. The van der Waals surface area contributed by atoms with Crippen LogP contribution in [0.4, 0.5) is 5.69 Å². The zero-order valence-electron chi connectivity index (χ0n) is 13.7. The van der Waals surface area contributed by atoms with Crippen LogP contribution in [0.1, 0.15) is 12.0 Å². The van der Waals surface area contributed by atoms with E-state index in [9.17, 15) is 19.7 Å². The quantitative estimate of drug-likeness (QED) is 0.316. The van der Waals surface area contributed by atoms with Crippen molar-refractivity contribution in [3.63, 3.8) is 0 Å². The molecule has 1 aromatic rings. The number of likely N-dealkylation sites (N-methyl/N-ethyl adjacent to an activating group) is 1. The molecule has 0 radical (unpaired) electrons. The van der Waals surface area contributed by atoms with E-state index in [1.807, 2.05) is 0 Å². The molecular formula is C16H21N3O5. The number of benzene rings is 1. The third-order valence-electron chi connectivity index (χ3n) is 3.10. The van der Waals surface area contributed by atoms with Gasteiger partial charge in [-0.25, -0.2) is 0 Å². The maximum atomic E-state index is 12.0. The van der Waals surface area contributed by atoms with Crippen molar-refractivity contribution in [2.24, 2.45) is 0 Å². The van der Waals surface area contributed by atoms with Crippen LogP contribution in [0, 0.1) is 10.1 Å². The van der Waals surface area contributed by atoms with E-state index in [-0.39, 0.29) is 24.0 Å². The molecule has 130 valence electrons. The van der Waals surface area contributed by atoms with Crippen LogP contribution < -0.4 is 5.32 Å². The number of methoxy groups -OCH3 is 1. The molecular weight excluding hydrogens is 314 g/mol. The lowest BCUT2D eigenvalue weighted by atomic mass is 10.2. The number of ether oxygens (including phenoxy) is 1. The molecule has 0 aliphatic carbocycles. The van der Waals surface area contributed by atoms with E-state index in [2.05, 4.69) is 5.32 Å². The molecule has 24 heavy (non-hydrogen) atoms. The van der Waals surface area contributed by atoms with Crippen LogP contribution >= 0.6 is 0 Å². The molecule has 1 rings (SSSR count). The lowest BCUT2D eigenvalue weighted by Gasteiger charge is -2.14. The second-order valence-electron chi connectivity index (χ2n) is 5.08. The van der Waals surface area contributed by atoms with Crippen LogP contribution in [0.25, 0.3) is 6.08 Å². The molecule has 0 bridgehead atoms. The molecule has 0 fully saturated rings. The van der Waals surface area contributed by atoms with Crippen LogP contribution in [0.15, 0.2) is 30.3 Å². The summed E-state index contributed by atoms with van der Waals surface area (Å²) in [6.07, 6.45) is 3.45. The van der Waals surface area contributed by atoms with Crippen molar-refractivity contribution in [1.82, 2.24) is 10.2 Å². The van der Waals surface area contributed by atoms with E-state index < -0.39 is 4.92 Å². The van der Waals surface area contributed by atoms with Crippen molar-refractivity contribution in [1.29, 1.82) is 0 Å². The van der Waals surface area contributed by atoms with Crippen LogP contribution in [0.5, 0.6) is 0 Å². The second kappa shape index (κ2) is 10.1. The number of non-ortho nitro benzene ring substituents is 1. The first-order chi connectivity index (χ1) is 11.4. The Hall–Kier alpha value is -2.74. The van der Waals surface area contributed by atoms with E-state index in [1.54, 1.807) is 19.2 Å². The maximum Gasteiger partial charge on any atom is 0.270 e. The summed E-state index contributed by atoms with van der Waals surface area (Å²) in [4.78, 5) is 35.1. The predicted octanol–water partition coefficient (Wildman–Crippen LogP) is 1.22. The highest BCUT2D eigenvalue weighted by atomic mass is 16.6. The number of nitro groups is 1. The van der Waals surface area contributed by atoms with E-state index >= 15 is 0 Å². The summed E-state index contributed by atoms with van der Waals surface area (Å²) in [5.41, 5.74) is 0.489. The number of nitrogens with one attached hydrogen (secondary N) is 1. The lowest BCUT2D eigenvalue weighted by molar-refractivity contribution is -0.384. The third kappa shape index (κ3) is 7.01. The molecule has 1 aromatic carbocycles. The minimum absolute atomic E-state index is 0.0478. The number of carbonyl (C=O) groups excluding carboxylic acids is 2. The predicted molar refractivity (Wildman–Crippen MR) is 89.3 cm³/mol. The van der Waals surface area contributed by atoms with Crippen molar-refractivity contribution in [2.45, 2.75) is 6.42 Å². The van der Waals surface area contributed by atoms with Gasteiger partial charge in [-0.05, 0) is 18.1 Å². The number of amides is 2. The SMILES string of the molecule is COCCCNC(=O)CN(C)C(=O)/C=C/c1cccc([N+](=O)[O-])c1. The largest absolute Gasteiger partial charge is 0.385 e. The van der Waals surface area contributed by atoms with Gasteiger partial charge in [0.2, 0.25) is 11.8 Å². The van der Waals surface area contributed by atoms with Crippen LogP contribution in [-0.2, 0) is 14.3 Å². The molecule has 0 aromatic heterocycles. The number of nitro benzene ring substituents is 1. The normalized spacial score (nSPS) is 10.6. The number of hydrogen-bond donors (Lipinski definition) is 1. The Bertz CT molecular complexity index is 615. The van der Waals surface area contributed by atoms with Gasteiger partial charge in [0.15, 0.2) is 0 Å². The standard InChI is InChI=1S/C16H21N3O5/c1-18(12-15(20)17-9-4-10-24-2)16(21)8-7-13-5-3-6-14(11-13)19(22)23/h3,5-8,11H,4,9-10,12H2,1-2H3,(H,17,20)/b8-7+. The molecule has 0 unspecified atom stereocenters.